The van der Waals surface area contributed by atoms with Crippen molar-refractivity contribution in [3.63, 3.8) is 0 Å². The smallest absolute Gasteiger partial charge is 0.308 e. The van der Waals surface area contributed by atoms with Gasteiger partial charge in [-0.3, -0.25) is 14.4 Å². The average molecular weight is 318 g/mol. The molecule has 0 bridgehead atoms. The summed E-state index contributed by atoms with van der Waals surface area (Å²) in [5.41, 5.74) is 1.97. The Labute approximate surface area is 135 Å². The number of carbonyl (C=O) groups excluding carboxylic acids is 2. The summed E-state index contributed by atoms with van der Waals surface area (Å²) < 4.78 is 0. The number of rotatable bonds is 5. The molecule has 1 heterocycles. The van der Waals surface area contributed by atoms with Gasteiger partial charge in [0.15, 0.2) is 0 Å². The van der Waals surface area contributed by atoms with Crippen LogP contribution >= 0.6 is 0 Å². The van der Waals surface area contributed by atoms with Crippen molar-refractivity contribution in [2.75, 3.05) is 13.1 Å². The third-order valence-electron chi connectivity index (χ3n) is 4.13. The summed E-state index contributed by atoms with van der Waals surface area (Å²) in [6, 6.07) is 7.26. The highest BCUT2D eigenvalue weighted by Gasteiger charge is 2.31. The fourth-order valence-electron chi connectivity index (χ4n) is 2.79. The number of aryl methyl sites for hydroxylation is 1. The van der Waals surface area contributed by atoms with Crippen LogP contribution in [0.2, 0.25) is 0 Å². The molecule has 6 nitrogen and oxygen atoms in total. The van der Waals surface area contributed by atoms with Crippen molar-refractivity contribution in [3.8, 4) is 0 Å². The molecule has 2 amide bonds. The van der Waals surface area contributed by atoms with Gasteiger partial charge in [0.1, 0.15) is 0 Å². The monoisotopic (exact) mass is 318 g/mol. The molecule has 1 fully saturated rings. The summed E-state index contributed by atoms with van der Waals surface area (Å²) in [5.74, 6) is -1.68. The van der Waals surface area contributed by atoms with E-state index in [0.717, 1.165) is 11.1 Å². The largest absolute Gasteiger partial charge is 0.481 e. The van der Waals surface area contributed by atoms with E-state index in [1.807, 2.05) is 31.2 Å². The van der Waals surface area contributed by atoms with E-state index in [2.05, 4.69) is 5.32 Å². The lowest BCUT2D eigenvalue weighted by molar-refractivity contribution is -0.141. The van der Waals surface area contributed by atoms with Crippen LogP contribution in [0.1, 0.15) is 36.9 Å². The van der Waals surface area contributed by atoms with Crippen LogP contribution in [0.3, 0.4) is 0 Å². The van der Waals surface area contributed by atoms with Crippen molar-refractivity contribution >= 4 is 17.8 Å². The second kappa shape index (κ2) is 7.26. The maximum Gasteiger partial charge on any atom is 0.308 e. The van der Waals surface area contributed by atoms with E-state index in [4.69, 9.17) is 5.11 Å². The number of nitrogens with zero attached hydrogens (tertiary/aromatic N) is 1. The SMILES string of the molecule is CC(=O)N[C@@H](CC(=O)N1CC[C@@H](C(=O)O)C1)c1ccc(C)cc1. The average Bonchev–Trinajstić information content (AvgIpc) is 2.97. The number of carboxylic acids is 1. The first-order valence-corrected chi connectivity index (χ1v) is 7.71. The number of amides is 2. The number of nitrogens with one attached hydrogen (secondary N) is 1. The summed E-state index contributed by atoms with van der Waals surface area (Å²) in [4.78, 5) is 36.4. The highest BCUT2D eigenvalue weighted by atomic mass is 16.4. The van der Waals surface area contributed by atoms with Crippen molar-refractivity contribution < 1.29 is 19.5 Å². The molecular weight excluding hydrogens is 296 g/mol. The van der Waals surface area contributed by atoms with Gasteiger partial charge in [0.05, 0.1) is 18.4 Å². The molecule has 6 heteroatoms. The van der Waals surface area contributed by atoms with Crippen molar-refractivity contribution in [1.29, 1.82) is 0 Å². The van der Waals surface area contributed by atoms with Crippen LogP contribution in [0.5, 0.6) is 0 Å². The fourth-order valence-corrected chi connectivity index (χ4v) is 2.79. The van der Waals surface area contributed by atoms with Crippen LogP contribution in [0.25, 0.3) is 0 Å². The number of benzene rings is 1. The quantitative estimate of drug-likeness (QED) is 0.861. The van der Waals surface area contributed by atoms with Crippen molar-refractivity contribution in [2.24, 2.45) is 5.92 Å². The molecule has 2 atom stereocenters. The van der Waals surface area contributed by atoms with Crippen LogP contribution in [0, 0.1) is 12.8 Å². The van der Waals surface area contributed by atoms with E-state index in [1.165, 1.54) is 6.92 Å². The first kappa shape index (κ1) is 17.0. The zero-order chi connectivity index (χ0) is 17.0. The Morgan fingerprint density at radius 1 is 1.30 bits per heavy atom. The number of hydrogen-bond acceptors (Lipinski definition) is 3. The van der Waals surface area contributed by atoms with Gasteiger partial charge in [0.2, 0.25) is 11.8 Å². The molecule has 0 saturated carbocycles. The topological polar surface area (TPSA) is 86.7 Å². The lowest BCUT2D eigenvalue weighted by atomic mass is 10.0. The van der Waals surface area contributed by atoms with Crippen molar-refractivity contribution in [2.45, 2.75) is 32.7 Å². The van der Waals surface area contributed by atoms with Crippen LogP contribution in [-0.4, -0.2) is 40.9 Å². The molecule has 1 aromatic rings. The van der Waals surface area contributed by atoms with Crippen molar-refractivity contribution in [3.05, 3.63) is 35.4 Å². The number of aliphatic carboxylic acids is 1. The Kier molecular flexibility index (Phi) is 5.36. The molecule has 2 rings (SSSR count). The molecule has 23 heavy (non-hydrogen) atoms. The van der Waals surface area contributed by atoms with E-state index in [-0.39, 0.29) is 24.8 Å². The Hall–Kier alpha value is -2.37. The molecule has 1 aliphatic heterocycles. The van der Waals surface area contributed by atoms with E-state index < -0.39 is 17.9 Å². The van der Waals surface area contributed by atoms with E-state index in [0.29, 0.717) is 13.0 Å². The lowest BCUT2D eigenvalue weighted by Crippen LogP contribution is -2.35. The first-order valence-electron chi connectivity index (χ1n) is 7.71. The number of carboxylic acid groups (broad SMARTS) is 1. The number of likely N-dealkylation sites (tertiary alicyclic amines) is 1. The summed E-state index contributed by atoms with van der Waals surface area (Å²) >= 11 is 0. The van der Waals surface area contributed by atoms with Gasteiger partial charge in [0.25, 0.3) is 0 Å². The normalized spacial score (nSPS) is 18.5. The third-order valence-corrected chi connectivity index (χ3v) is 4.13. The zero-order valence-corrected chi connectivity index (χ0v) is 13.4. The molecule has 0 radical (unpaired) electrons. The predicted molar refractivity (Wildman–Crippen MR) is 84.7 cm³/mol. The number of carbonyl (C=O) groups is 3. The van der Waals surface area contributed by atoms with Crippen LogP contribution in [0.15, 0.2) is 24.3 Å². The molecule has 0 aromatic heterocycles. The summed E-state index contributed by atoms with van der Waals surface area (Å²) in [7, 11) is 0. The maximum atomic E-state index is 12.4. The second-order valence-corrected chi connectivity index (χ2v) is 6.03. The fraction of sp³-hybridized carbons (Fsp3) is 0.471. The van der Waals surface area contributed by atoms with Gasteiger partial charge < -0.3 is 15.3 Å². The van der Waals surface area contributed by atoms with Crippen LogP contribution < -0.4 is 5.32 Å². The van der Waals surface area contributed by atoms with Gasteiger partial charge in [0, 0.05) is 20.0 Å². The molecular formula is C17H22N2O4. The lowest BCUT2D eigenvalue weighted by Gasteiger charge is -2.22. The first-order chi connectivity index (χ1) is 10.9. The Morgan fingerprint density at radius 3 is 2.48 bits per heavy atom. The Morgan fingerprint density at radius 2 is 1.96 bits per heavy atom. The predicted octanol–water partition coefficient (Wildman–Crippen LogP) is 1.50. The molecule has 0 aliphatic carbocycles. The zero-order valence-electron chi connectivity index (χ0n) is 13.4. The van der Waals surface area contributed by atoms with Gasteiger partial charge >= 0.3 is 5.97 Å². The summed E-state index contributed by atoms with van der Waals surface area (Å²) in [6.07, 6.45) is 0.616. The van der Waals surface area contributed by atoms with E-state index in [9.17, 15) is 14.4 Å². The van der Waals surface area contributed by atoms with Gasteiger partial charge in [-0.05, 0) is 18.9 Å². The molecule has 2 N–H and O–H groups in total. The van der Waals surface area contributed by atoms with Gasteiger partial charge in [-0.2, -0.15) is 0 Å². The Bertz CT molecular complexity index is 597. The highest BCUT2D eigenvalue weighted by molar-refractivity contribution is 5.80. The second-order valence-electron chi connectivity index (χ2n) is 6.03. The Balaban J connectivity index is 2.05. The third kappa shape index (κ3) is 4.55. The standard InChI is InChI=1S/C17H22N2O4/c1-11-3-5-13(6-4-11)15(18-12(2)20)9-16(21)19-8-7-14(10-19)17(22)23/h3-6,14-15H,7-10H2,1-2H3,(H,18,20)(H,22,23)/t14-,15+/m1/s1. The number of hydrogen-bond donors (Lipinski definition) is 2. The minimum atomic E-state index is -0.864. The highest BCUT2D eigenvalue weighted by Crippen LogP contribution is 2.22. The molecule has 124 valence electrons. The van der Waals surface area contributed by atoms with Gasteiger partial charge in [-0.15, -0.1) is 0 Å². The molecule has 0 unspecified atom stereocenters. The molecule has 1 aromatic carbocycles. The molecule has 0 spiro atoms. The van der Waals surface area contributed by atoms with Gasteiger partial charge in [-0.1, -0.05) is 29.8 Å². The summed E-state index contributed by atoms with van der Waals surface area (Å²) in [5, 5.41) is 11.8. The van der Waals surface area contributed by atoms with Gasteiger partial charge in [-0.25, -0.2) is 0 Å². The minimum Gasteiger partial charge on any atom is -0.481 e. The minimum absolute atomic E-state index is 0.131. The van der Waals surface area contributed by atoms with E-state index in [1.54, 1.807) is 4.90 Å². The maximum absolute atomic E-state index is 12.4. The van der Waals surface area contributed by atoms with Crippen LogP contribution in [-0.2, 0) is 14.4 Å². The summed E-state index contributed by atoms with van der Waals surface area (Å²) in [6.45, 7) is 4.09. The van der Waals surface area contributed by atoms with Crippen molar-refractivity contribution in [1.82, 2.24) is 10.2 Å². The molecule has 1 saturated heterocycles. The van der Waals surface area contributed by atoms with Crippen LogP contribution in [0.4, 0.5) is 0 Å². The van der Waals surface area contributed by atoms with E-state index >= 15 is 0 Å². The molecule has 1 aliphatic rings.